The van der Waals surface area contributed by atoms with E-state index in [1.165, 1.54) is 4.90 Å². The van der Waals surface area contributed by atoms with E-state index < -0.39 is 23.8 Å². The number of carbonyl (C=O) groups is 1. The van der Waals surface area contributed by atoms with Crippen LogP contribution in [0.1, 0.15) is 65.2 Å². The largest absolute Gasteiger partial charge is 0.416 e. The van der Waals surface area contributed by atoms with Crippen molar-refractivity contribution in [3.8, 4) is 0 Å². The highest BCUT2D eigenvalue weighted by Gasteiger charge is 2.40. The van der Waals surface area contributed by atoms with Crippen molar-refractivity contribution < 1.29 is 23.1 Å². The third-order valence-corrected chi connectivity index (χ3v) is 7.33. The van der Waals surface area contributed by atoms with Crippen LogP contribution in [0.4, 0.5) is 18.9 Å². The van der Waals surface area contributed by atoms with E-state index in [1.807, 2.05) is 30.0 Å². The Morgan fingerprint density at radius 3 is 2.69 bits per heavy atom. The molecule has 9 heteroatoms. The number of hydrogen-bond acceptors (Lipinski definition) is 5. The molecule has 36 heavy (non-hydrogen) atoms. The zero-order valence-corrected chi connectivity index (χ0v) is 20.3. The molecule has 2 aromatic rings. The first-order chi connectivity index (χ1) is 17.1. The number of aliphatic hydroxyl groups excluding tert-OH is 1. The number of alkyl halides is 3. The number of rotatable bonds is 6. The quantitative estimate of drug-likeness (QED) is 0.609. The fourth-order valence-corrected chi connectivity index (χ4v) is 5.28. The normalized spacial score (nSPS) is 22.9. The minimum Gasteiger partial charge on any atom is -0.392 e. The predicted octanol–water partition coefficient (Wildman–Crippen LogP) is 5.00. The average Bonchev–Trinajstić information content (AvgIpc) is 3.52. The summed E-state index contributed by atoms with van der Waals surface area (Å²) in [6.45, 7) is 5.27. The van der Waals surface area contributed by atoms with Crippen LogP contribution in [0, 0.1) is 5.92 Å². The van der Waals surface area contributed by atoms with Gasteiger partial charge in [-0.2, -0.15) is 23.4 Å². The molecule has 1 N–H and O–H groups in total. The summed E-state index contributed by atoms with van der Waals surface area (Å²) in [5.74, 6) is -0.129. The number of nitrogens with zero attached hydrogens (tertiary/aromatic N) is 4. The van der Waals surface area contributed by atoms with Crippen LogP contribution in [0.15, 0.2) is 46.6 Å². The maximum absolute atomic E-state index is 14.0. The van der Waals surface area contributed by atoms with E-state index >= 15 is 0 Å². The number of halogens is 3. The Hall–Kier alpha value is -3.04. The zero-order chi connectivity index (χ0) is 25.6. The van der Waals surface area contributed by atoms with Crippen LogP contribution in [0.25, 0.3) is 0 Å². The molecule has 3 heterocycles. The van der Waals surface area contributed by atoms with Gasteiger partial charge >= 0.3 is 6.18 Å². The van der Waals surface area contributed by atoms with Crippen LogP contribution in [0.5, 0.6) is 0 Å². The van der Waals surface area contributed by atoms with E-state index in [9.17, 15) is 23.1 Å². The maximum Gasteiger partial charge on any atom is 0.416 e. The first kappa shape index (κ1) is 24.6. The number of β-amino-alcohol motifs (C(OH)–C–C–N with tert-alkyl or cyclic N) is 1. The standard InChI is InChI=1S/C27H29F3N4O2/c1-16(8-25-17(2)12-31-32-25)19-4-3-5-20(11-19)34-15-23-22(26(34)36)9-18(10-24(23)27(28,29)30)13-33-7-6-21(35)14-33/h3-5,9-12,16-17,21,35H,6-8,13-15H2,1-2H3/t16-,17?,21-/m1/s1. The number of hydrogen-bond donors (Lipinski definition) is 1. The summed E-state index contributed by atoms with van der Waals surface area (Å²) in [6.07, 6.45) is -1.93. The summed E-state index contributed by atoms with van der Waals surface area (Å²) >= 11 is 0. The Balaban J connectivity index is 1.41. The lowest BCUT2D eigenvalue weighted by atomic mass is 9.91. The third kappa shape index (κ3) is 4.82. The molecule has 5 rings (SSSR count). The van der Waals surface area contributed by atoms with Crippen molar-refractivity contribution in [3.63, 3.8) is 0 Å². The Morgan fingerprint density at radius 2 is 2.03 bits per heavy atom. The van der Waals surface area contributed by atoms with Crippen LogP contribution in [0.3, 0.4) is 0 Å². The fourth-order valence-electron chi connectivity index (χ4n) is 5.28. The highest BCUT2D eigenvalue weighted by atomic mass is 19.4. The lowest BCUT2D eigenvalue weighted by molar-refractivity contribution is -0.138. The number of amides is 1. The molecule has 1 fully saturated rings. The highest BCUT2D eigenvalue weighted by molar-refractivity contribution is 6.10. The van der Waals surface area contributed by atoms with Gasteiger partial charge in [0.2, 0.25) is 0 Å². The second kappa shape index (κ2) is 9.44. The minimum atomic E-state index is -4.57. The molecule has 2 aromatic carbocycles. The number of fused-ring (bicyclic) bond motifs is 1. The molecule has 1 unspecified atom stereocenters. The lowest BCUT2D eigenvalue weighted by Gasteiger charge is -2.20. The first-order valence-electron chi connectivity index (χ1n) is 12.3. The van der Waals surface area contributed by atoms with Crippen molar-refractivity contribution >= 4 is 23.5 Å². The van der Waals surface area contributed by atoms with Crippen molar-refractivity contribution in [2.45, 2.75) is 58.0 Å². The Kier molecular flexibility index (Phi) is 6.46. The van der Waals surface area contributed by atoms with Gasteiger partial charge in [0.15, 0.2) is 0 Å². The van der Waals surface area contributed by atoms with Crippen molar-refractivity contribution in [1.29, 1.82) is 0 Å². The van der Waals surface area contributed by atoms with Crippen molar-refractivity contribution in [2.75, 3.05) is 18.0 Å². The first-order valence-corrected chi connectivity index (χ1v) is 12.3. The summed E-state index contributed by atoms with van der Waals surface area (Å²) < 4.78 is 42.1. The number of likely N-dealkylation sites (tertiary alicyclic amines) is 1. The minimum absolute atomic E-state index is 0.0162. The van der Waals surface area contributed by atoms with Gasteiger partial charge in [0, 0.05) is 48.7 Å². The molecule has 0 radical (unpaired) electrons. The van der Waals surface area contributed by atoms with Gasteiger partial charge in [-0.15, -0.1) is 0 Å². The number of carbonyl (C=O) groups excluding carboxylic acids is 1. The van der Waals surface area contributed by atoms with Gasteiger partial charge in [-0.3, -0.25) is 9.69 Å². The van der Waals surface area contributed by atoms with E-state index in [0.717, 1.165) is 17.3 Å². The van der Waals surface area contributed by atoms with Crippen LogP contribution >= 0.6 is 0 Å². The number of anilines is 1. The second-order valence-electron chi connectivity index (χ2n) is 10.1. The zero-order valence-electron chi connectivity index (χ0n) is 20.3. The van der Waals surface area contributed by atoms with Gasteiger partial charge in [-0.25, -0.2) is 0 Å². The van der Waals surface area contributed by atoms with E-state index in [-0.39, 0.29) is 36.1 Å². The molecule has 0 aliphatic carbocycles. The molecular weight excluding hydrogens is 469 g/mol. The summed E-state index contributed by atoms with van der Waals surface area (Å²) in [4.78, 5) is 16.7. The van der Waals surface area contributed by atoms with Crippen LogP contribution in [-0.4, -0.2) is 47.0 Å². The molecule has 1 amide bonds. The predicted molar refractivity (Wildman–Crippen MR) is 132 cm³/mol. The molecule has 0 saturated carbocycles. The molecule has 0 bridgehead atoms. The molecule has 3 aliphatic rings. The smallest absolute Gasteiger partial charge is 0.392 e. The molecular formula is C27H29F3N4O2. The van der Waals surface area contributed by atoms with Crippen LogP contribution < -0.4 is 4.90 Å². The SMILES string of the molecule is CC1C=NN=C1C[C@@H](C)c1cccc(N2Cc3c(cc(CN4CC[C@@H](O)C4)cc3C(F)(F)F)C2=O)c1. The summed E-state index contributed by atoms with van der Waals surface area (Å²) in [5, 5.41) is 18.0. The van der Waals surface area contributed by atoms with Gasteiger partial charge in [0.05, 0.1) is 18.2 Å². The third-order valence-electron chi connectivity index (χ3n) is 7.33. The van der Waals surface area contributed by atoms with E-state index in [1.54, 1.807) is 18.3 Å². The van der Waals surface area contributed by atoms with Gasteiger partial charge < -0.3 is 10.0 Å². The molecule has 0 aromatic heterocycles. The number of aliphatic hydroxyl groups is 1. The molecule has 0 spiro atoms. The van der Waals surface area contributed by atoms with Gasteiger partial charge in [-0.05, 0) is 59.7 Å². The van der Waals surface area contributed by atoms with E-state index in [2.05, 4.69) is 17.1 Å². The Labute approximate surface area is 208 Å². The van der Waals surface area contributed by atoms with E-state index in [0.29, 0.717) is 37.2 Å². The monoisotopic (exact) mass is 498 g/mol. The van der Waals surface area contributed by atoms with Crippen molar-refractivity contribution in [1.82, 2.24) is 4.90 Å². The molecule has 6 nitrogen and oxygen atoms in total. The molecule has 1 saturated heterocycles. The summed E-state index contributed by atoms with van der Waals surface area (Å²) in [5.41, 5.74) is 2.35. The van der Waals surface area contributed by atoms with Gasteiger partial charge in [-0.1, -0.05) is 26.0 Å². The highest BCUT2D eigenvalue weighted by Crippen LogP contribution is 2.40. The molecule has 190 valence electrons. The van der Waals surface area contributed by atoms with Gasteiger partial charge in [0.1, 0.15) is 0 Å². The van der Waals surface area contributed by atoms with Gasteiger partial charge in [0.25, 0.3) is 5.91 Å². The summed E-state index contributed by atoms with van der Waals surface area (Å²) in [7, 11) is 0. The van der Waals surface area contributed by atoms with Crippen molar-refractivity contribution in [2.24, 2.45) is 16.1 Å². The molecule has 3 atom stereocenters. The average molecular weight is 499 g/mol. The second-order valence-corrected chi connectivity index (χ2v) is 10.1. The number of benzene rings is 2. The lowest BCUT2D eigenvalue weighted by Crippen LogP contribution is -2.23. The van der Waals surface area contributed by atoms with Crippen LogP contribution in [0.2, 0.25) is 0 Å². The summed E-state index contributed by atoms with van der Waals surface area (Å²) in [6, 6.07) is 10.2. The van der Waals surface area contributed by atoms with Crippen molar-refractivity contribution in [3.05, 3.63) is 64.2 Å². The Morgan fingerprint density at radius 1 is 1.22 bits per heavy atom. The topological polar surface area (TPSA) is 68.5 Å². The van der Waals surface area contributed by atoms with E-state index in [4.69, 9.17) is 0 Å². The fraction of sp³-hybridized carbons (Fsp3) is 0.444. The Bertz CT molecular complexity index is 1240. The van der Waals surface area contributed by atoms with Crippen LogP contribution in [-0.2, 0) is 19.3 Å². The molecule has 3 aliphatic heterocycles. The maximum atomic E-state index is 14.0.